The summed E-state index contributed by atoms with van der Waals surface area (Å²) < 4.78 is 114. The lowest BCUT2D eigenvalue weighted by Crippen LogP contribution is -2.59. The van der Waals surface area contributed by atoms with Crippen LogP contribution in [-0.4, -0.2) is 18.3 Å². The Kier molecular flexibility index (Phi) is 3.79. The van der Waals surface area contributed by atoms with E-state index in [9.17, 15) is 39.5 Å². The number of alkyl halides is 9. The molecule has 114 valence electrons. The molecule has 0 amide bonds. The topological polar surface area (TPSA) is 0 Å². The summed E-state index contributed by atoms with van der Waals surface area (Å²) in [6.45, 7) is 1.35. The van der Waals surface area contributed by atoms with Crippen molar-refractivity contribution in [3.63, 3.8) is 0 Å². The Labute approximate surface area is 107 Å². The molecule has 1 rings (SSSR count). The van der Waals surface area contributed by atoms with E-state index in [2.05, 4.69) is 0 Å². The first-order valence-electron chi connectivity index (χ1n) is 5.02. The summed E-state index contributed by atoms with van der Waals surface area (Å²) in [6.07, 6.45) is -13.1. The second kappa shape index (κ2) is 4.56. The third-order valence-corrected chi connectivity index (χ3v) is 2.63. The van der Waals surface area contributed by atoms with Gasteiger partial charge in [0.1, 0.15) is 0 Å². The SMILES string of the molecule is Cc1ccc(C(F)(C(F)(F)F)C(F)(F)C(F)(F)F)cc1. The van der Waals surface area contributed by atoms with Crippen molar-refractivity contribution < 1.29 is 39.5 Å². The molecule has 0 aliphatic carbocycles. The van der Waals surface area contributed by atoms with Crippen LogP contribution in [0.3, 0.4) is 0 Å². The predicted octanol–water partition coefficient (Wildman–Crippen LogP) is 4.92. The van der Waals surface area contributed by atoms with Gasteiger partial charge in [-0.1, -0.05) is 29.8 Å². The molecule has 0 heterocycles. The fourth-order valence-corrected chi connectivity index (χ4v) is 1.50. The molecule has 0 spiro atoms. The normalized spacial score (nSPS) is 16.9. The quantitative estimate of drug-likeness (QED) is 0.680. The monoisotopic (exact) mass is 310 g/mol. The molecule has 0 radical (unpaired) electrons. The van der Waals surface area contributed by atoms with Gasteiger partial charge in [-0.05, 0) is 6.92 Å². The third-order valence-electron chi connectivity index (χ3n) is 2.63. The van der Waals surface area contributed by atoms with Crippen molar-refractivity contribution in [3.8, 4) is 0 Å². The van der Waals surface area contributed by atoms with E-state index in [4.69, 9.17) is 0 Å². The Morgan fingerprint density at radius 2 is 1.05 bits per heavy atom. The van der Waals surface area contributed by atoms with Crippen LogP contribution in [-0.2, 0) is 5.67 Å². The number of aryl methyl sites for hydroxylation is 1. The Morgan fingerprint density at radius 1 is 0.650 bits per heavy atom. The van der Waals surface area contributed by atoms with Gasteiger partial charge in [-0.3, -0.25) is 0 Å². The van der Waals surface area contributed by atoms with Gasteiger partial charge in [-0.2, -0.15) is 35.1 Å². The number of benzene rings is 1. The highest BCUT2D eigenvalue weighted by atomic mass is 19.4. The standard InChI is InChI=1S/C11H7F9/c1-6-2-4-7(5-3-6)8(12,10(15,16)17)9(13,14)11(18,19)20/h2-5H,1H3. The van der Waals surface area contributed by atoms with Gasteiger partial charge in [-0.25, -0.2) is 4.39 Å². The summed E-state index contributed by atoms with van der Waals surface area (Å²) in [7, 11) is 0. The smallest absolute Gasteiger partial charge is 0.221 e. The van der Waals surface area contributed by atoms with Crippen LogP contribution < -0.4 is 0 Å². The Morgan fingerprint density at radius 3 is 1.35 bits per heavy atom. The summed E-state index contributed by atoms with van der Waals surface area (Å²) in [5.74, 6) is -6.62. The number of rotatable bonds is 2. The molecule has 1 aromatic carbocycles. The van der Waals surface area contributed by atoms with E-state index in [1.165, 1.54) is 6.92 Å². The van der Waals surface area contributed by atoms with Crippen LogP contribution in [0.5, 0.6) is 0 Å². The maximum Gasteiger partial charge on any atom is 0.457 e. The Hall–Kier alpha value is -1.41. The van der Waals surface area contributed by atoms with Gasteiger partial charge < -0.3 is 0 Å². The number of hydrogen-bond acceptors (Lipinski definition) is 0. The number of halogens is 9. The largest absolute Gasteiger partial charge is 0.457 e. The van der Waals surface area contributed by atoms with Crippen LogP contribution in [0.4, 0.5) is 39.5 Å². The van der Waals surface area contributed by atoms with Gasteiger partial charge in [-0.15, -0.1) is 0 Å². The molecule has 0 saturated heterocycles. The fraction of sp³-hybridized carbons (Fsp3) is 0.455. The van der Waals surface area contributed by atoms with Crippen LogP contribution >= 0.6 is 0 Å². The second-order valence-corrected chi connectivity index (χ2v) is 4.09. The van der Waals surface area contributed by atoms with E-state index >= 15 is 0 Å². The lowest BCUT2D eigenvalue weighted by molar-refractivity contribution is -0.389. The zero-order valence-corrected chi connectivity index (χ0v) is 9.71. The van der Waals surface area contributed by atoms with Crippen molar-refractivity contribution >= 4 is 0 Å². The van der Waals surface area contributed by atoms with E-state index in [0.717, 1.165) is 12.1 Å². The molecule has 9 heteroatoms. The molecule has 0 N–H and O–H groups in total. The fourth-order valence-electron chi connectivity index (χ4n) is 1.50. The predicted molar refractivity (Wildman–Crippen MR) is 51.0 cm³/mol. The van der Waals surface area contributed by atoms with Gasteiger partial charge in [0.15, 0.2) is 0 Å². The molecule has 1 unspecified atom stereocenters. The first-order valence-corrected chi connectivity index (χ1v) is 5.02. The molecular formula is C11H7F9. The lowest BCUT2D eigenvalue weighted by atomic mass is 9.87. The van der Waals surface area contributed by atoms with Crippen molar-refractivity contribution in [3.05, 3.63) is 35.4 Å². The lowest BCUT2D eigenvalue weighted by Gasteiger charge is -2.36. The maximum absolute atomic E-state index is 13.8. The highest BCUT2D eigenvalue weighted by molar-refractivity contribution is 5.31. The first-order chi connectivity index (χ1) is 8.75. The summed E-state index contributed by atoms with van der Waals surface area (Å²) in [5, 5.41) is 0. The van der Waals surface area contributed by atoms with E-state index in [1.54, 1.807) is 0 Å². The van der Waals surface area contributed by atoms with E-state index in [0.29, 0.717) is 0 Å². The first kappa shape index (κ1) is 16.6. The second-order valence-electron chi connectivity index (χ2n) is 4.09. The highest BCUT2D eigenvalue weighted by Crippen LogP contribution is 2.58. The van der Waals surface area contributed by atoms with Crippen molar-refractivity contribution in [2.45, 2.75) is 30.9 Å². The summed E-state index contributed by atoms with van der Waals surface area (Å²) >= 11 is 0. The Bertz CT molecular complexity index is 468. The molecule has 0 nitrogen and oxygen atoms in total. The van der Waals surface area contributed by atoms with Crippen molar-refractivity contribution in [2.24, 2.45) is 0 Å². The zero-order valence-electron chi connectivity index (χ0n) is 9.71. The highest BCUT2D eigenvalue weighted by Gasteiger charge is 2.81. The molecule has 0 fully saturated rings. The van der Waals surface area contributed by atoms with E-state index < -0.39 is 29.5 Å². The summed E-state index contributed by atoms with van der Waals surface area (Å²) in [4.78, 5) is 0. The zero-order chi connectivity index (χ0) is 16.0. The molecule has 0 bridgehead atoms. The average molecular weight is 310 g/mol. The van der Waals surface area contributed by atoms with Crippen molar-refractivity contribution in [2.75, 3.05) is 0 Å². The van der Waals surface area contributed by atoms with Gasteiger partial charge in [0.05, 0.1) is 0 Å². The van der Waals surface area contributed by atoms with Gasteiger partial charge in [0.2, 0.25) is 0 Å². The molecule has 0 aliphatic heterocycles. The third kappa shape index (κ3) is 2.33. The van der Waals surface area contributed by atoms with Crippen LogP contribution in [0.25, 0.3) is 0 Å². The average Bonchev–Trinajstić information content (AvgIpc) is 2.25. The van der Waals surface area contributed by atoms with Crippen molar-refractivity contribution in [1.82, 2.24) is 0 Å². The van der Waals surface area contributed by atoms with Crippen LogP contribution in [0.2, 0.25) is 0 Å². The minimum Gasteiger partial charge on any atom is -0.221 e. The Balaban J connectivity index is 3.58. The number of hydrogen-bond donors (Lipinski definition) is 0. The summed E-state index contributed by atoms with van der Waals surface area (Å²) in [6, 6.07) is 2.12. The minimum atomic E-state index is -6.69. The molecule has 1 atom stereocenters. The summed E-state index contributed by atoms with van der Waals surface area (Å²) in [5.41, 5.74) is -7.39. The maximum atomic E-state index is 13.8. The molecule has 0 aliphatic rings. The van der Waals surface area contributed by atoms with Crippen LogP contribution in [0.1, 0.15) is 11.1 Å². The molecular weight excluding hydrogens is 303 g/mol. The molecule has 1 aromatic rings. The molecule has 0 aromatic heterocycles. The van der Waals surface area contributed by atoms with E-state index in [-0.39, 0.29) is 17.7 Å². The molecule has 0 saturated carbocycles. The van der Waals surface area contributed by atoms with Crippen LogP contribution in [0, 0.1) is 6.92 Å². The van der Waals surface area contributed by atoms with Gasteiger partial charge in [0, 0.05) is 5.56 Å². The van der Waals surface area contributed by atoms with E-state index in [1.807, 2.05) is 0 Å². The minimum absolute atomic E-state index is 0.252. The van der Waals surface area contributed by atoms with Crippen LogP contribution in [0.15, 0.2) is 24.3 Å². The molecule has 20 heavy (non-hydrogen) atoms. The van der Waals surface area contributed by atoms with Gasteiger partial charge in [0.25, 0.3) is 0 Å². The van der Waals surface area contributed by atoms with Gasteiger partial charge >= 0.3 is 23.9 Å². The van der Waals surface area contributed by atoms with Crippen molar-refractivity contribution in [1.29, 1.82) is 0 Å².